The number of nitrogens with zero attached hydrogens (tertiary/aromatic N) is 2. The Kier molecular flexibility index (Phi) is 3.18. The predicted molar refractivity (Wildman–Crippen MR) is 73.2 cm³/mol. The summed E-state index contributed by atoms with van der Waals surface area (Å²) in [5, 5.41) is 4.36. The molecule has 18 heavy (non-hydrogen) atoms. The van der Waals surface area contributed by atoms with E-state index < -0.39 is 0 Å². The Labute approximate surface area is 110 Å². The quantitative estimate of drug-likeness (QED) is 0.889. The first-order valence-corrected chi connectivity index (χ1v) is 7.49. The fourth-order valence-corrected chi connectivity index (χ4v) is 3.65. The van der Waals surface area contributed by atoms with Crippen molar-refractivity contribution in [1.82, 2.24) is 9.78 Å². The van der Waals surface area contributed by atoms with Gasteiger partial charge in [-0.1, -0.05) is 12.8 Å². The van der Waals surface area contributed by atoms with Gasteiger partial charge >= 0.3 is 0 Å². The second kappa shape index (κ2) is 4.69. The summed E-state index contributed by atoms with van der Waals surface area (Å²) in [6.45, 7) is 3.07. The number of aromatic nitrogens is 2. The topological polar surface area (TPSA) is 43.8 Å². The van der Waals surface area contributed by atoms with E-state index in [1.807, 2.05) is 10.9 Å². The smallest absolute Gasteiger partial charge is 0.0522 e. The van der Waals surface area contributed by atoms with Crippen molar-refractivity contribution in [3.8, 4) is 0 Å². The van der Waals surface area contributed by atoms with Crippen LogP contribution in [0.3, 0.4) is 0 Å². The molecule has 0 spiro atoms. The molecule has 1 heterocycles. The third-order valence-electron chi connectivity index (χ3n) is 4.77. The Morgan fingerprint density at radius 2 is 2.22 bits per heavy atom. The van der Waals surface area contributed by atoms with Gasteiger partial charge in [0.1, 0.15) is 0 Å². The fourth-order valence-electron chi connectivity index (χ4n) is 3.65. The zero-order chi connectivity index (χ0) is 12.6. The minimum atomic E-state index is 0.0348. The SMILES string of the molecule is CCn1cc(CC2(N)CCCC(C3CC3)C2)cn1. The van der Waals surface area contributed by atoms with E-state index in [2.05, 4.69) is 18.2 Å². The number of hydrogen-bond acceptors (Lipinski definition) is 2. The van der Waals surface area contributed by atoms with E-state index >= 15 is 0 Å². The van der Waals surface area contributed by atoms with Crippen molar-refractivity contribution in [2.75, 3.05) is 0 Å². The molecular weight excluding hydrogens is 222 g/mol. The highest BCUT2D eigenvalue weighted by Crippen LogP contribution is 2.46. The summed E-state index contributed by atoms with van der Waals surface area (Å²) in [7, 11) is 0. The second-order valence-electron chi connectivity index (χ2n) is 6.44. The number of nitrogens with two attached hydrogens (primary N) is 1. The van der Waals surface area contributed by atoms with Crippen LogP contribution in [0.5, 0.6) is 0 Å². The molecule has 0 bridgehead atoms. The summed E-state index contributed by atoms with van der Waals surface area (Å²) in [5.41, 5.74) is 8.01. The molecule has 2 atom stereocenters. The third kappa shape index (κ3) is 2.61. The minimum Gasteiger partial charge on any atom is -0.325 e. The van der Waals surface area contributed by atoms with E-state index in [4.69, 9.17) is 5.73 Å². The van der Waals surface area contributed by atoms with Crippen LogP contribution in [-0.2, 0) is 13.0 Å². The van der Waals surface area contributed by atoms with Crippen LogP contribution in [0.2, 0.25) is 0 Å². The van der Waals surface area contributed by atoms with Crippen molar-refractivity contribution in [2.45, 2.75) is 64.0 Å². The molecule has 0 radical (unpaired) electrons. The lowest BCUT2D eigenvalue weighted by Gasteiger charge is -2.38. The maximum atomic E-state index is 6.66. The molecular formula is C15H25N3. The maximum absolute atomic E-state index is 6.66. The monoisotopic (exact) mass is 247 g/mol. The zero-order valence-corrected chi connectivity index (χ0v) is 11.4. The lowest BCUT2D eigenvalue weighted by atomic mass is 9.72. The molecule has 100 valence electrons. The highest BCUT2D eigenvalue weighted by atomic mass is 15.3. The summed E-state index contributed by atoms with van der Waals surface area (Å²) in [5.74, 6) is 1.91. The van der Waals surface area contributed by atoms with E-state index in [0.29, 0.717) is 0 Å². The van der Waals surface area contributed by atoms with Crippen molar-refractivity contribution in [3.63, 3.8) is 0 Å². The van der Waals surface area contributed by atoms with Gasteiger partial charge in [-0.2, -0.15) is 5.10 Å². The number of hydrogen-bond donors (Lipinski definition) is 1. The van der Waals surface area contributed by atoms with Crippen LogP contribution in [0.25, 0.3) is 0 Å². The fraction of sp³-hybridized carbons (Fsp3) is 0.800. The average molecular weight is 247 g/mol. The predicted octanol–water partition coefficient (Wildman–Crippen LogP) is 2.74. The highest BCUT2D eigenvalue weighted by molar-refractivity contribution is 5.11. The second-order valence-corrected chi connectivity index (χ2v) is 6.44. The molecule has 0 aliphatic heterocycles. The molecule has 0 amide bonds. The Morgan fingerprint density at radius 1 is 1.39 bits per heavy atom. The zero-order valence-electron chi connectivity index (χ0n) is 11.4. The molecule has 2 N–H and O–H groups in total. The number of rotatable bonds is 4. The molecule has 1 aromatic heterocycles. The standard InChI is InChI=1S/C15H25N3/c1-2-18-11-12(10-17-18)8-15(16)7-3-4-14(9-15)13-5-6-13/h10-11,13-14H,2-9,16H2,1H3. The van der Waals surface area contributed by atoms with Gasteiger partial charge in [-0.05, 0) is 56.4 Å². The van der Waals surface area contributed by atoms with Crippen LogP contribution >= 0.6 is 0 Å². The molecule has 1 aromatic rings. The van der Waals surface area contributed by atoms with E-state index in [-0.39, 0.29) is 5.54 Å². The first-order chi connectivity index (χ1) is 8.68. The van der Waals surface area contributed by atoms with Gasteiger partial charge in [-0.25, -0.2) is 0 Å². The molecule has 2 fully saturated rings. The Morgan fingerprint density at radius 3 is 2.89 bits per heavy atom. The number of aryl methyl sites for hydroxylation is 1. The lowest BCUT2D eigenvalue weighted by molar-refractivity contribution is 0.204. The highest BCUT2D eigenvalue weighted by Gasteiger charge is 2.40. The van der Waals surface area contributed by atoms with Crippen LogP contribution < -0.4 is 5.73 Å². The molecule has 3 nitrogen and oxygen atoms in total. The molecule has 2 aliphatic rings. The summed E-state index contributed by atoms with van der Waals surface area (Å²) in [4.78, 5) is 0. The van der Waals surface area contributed by atoms with Crippen molar-refractivity contribution >= 4 is 0 Å². The van der Waals surface area contributed by atoms with Gasteiger partial charge in [-0.3, -0.25) is 4.68 Å². The summed E-state index contributed by atoms with van der Waals surface area (Å²) in [6, 6.07) is 0. The van der Waals surface area contributed by atoms with Crippen LogP contribution in [0.4, 0.5) is 0 Å². The van der Waals surface area contributed by atoms with E-state index in [1.54, 1.807) is 0 Å². The van der Waals surface area contributed by atoms with Gasteiger partial charge in [0.25, 0.3) is 0 Å². The molecule has 0 saturated heterocycles. The van der Waals surface area contributed by atoms with Crippen LogP contribution in [-0.4, -0.2) is 15.3 Å². The first-order valence-electron chi connectivity index (χ1n) is 7.49. The Bertz CT molecular complexity index is 408. The van der Waals surface area contributed by atoms with Crippen LogP contribution in [0, 0.1) is 11.8 Å². The Hall–Kier alpha value is -0.830. The third-order valence-corrected chi connectivity index (χ3v) is 4.77. The van der Waals surface area contributed by atoms with Gasteiger partial charge in [0.2, 0.25) is 0 Å². The molecule has 3 rings (SSSR count). The molecule has 2 aliphatic carbocycles. The molecule has 2 saturated carbocycles. The molecule has 3 heteroatoms. The van der Waals surface area contributed by atoms with Crippen molar-refractivity contribution in [1.29, 1.82) is 0 Å². The van der Waals surface area contributed by atoms with E-state index in [0.717, 1.165) is 24.8 Å². The molecule has 0 aromatic carbocycles. The van der Waals surface area contributed by atoms with Gasteiger partial charge in [0.15, 0.2) is 0 Å². The van der Waals surface area contributed by atoms with Crippen molar-refractivity contribution in [3.05, 3.63) is 18.0 Å². The largest absolute Gasteiger partial charge is 0.325 e. The van der Waals surface area contributed by atoms with E-state index in [1.165, 1.54) is 44.1 Å². The van der Waals surface area contributed by atoms with Gasteiger partial charge in [-0.15, -0.1) is 0 Å². The van der Waals surface area contributed by atoms with Crippen molar-refractivity contribution < 1.29 is 0 Å². The summed E-state index contributed by atoms with van der Waals surface area (Å²) >= 11 is 0. The summed E-state index contributed by atoms with van der Waals surface area (Å²) in [6.07, 6.45) is 13.2. The lowest BCUT2D eigenvalue weighted by Crippen LogP contribution is -2.46. The Balaban J connectivity index is 1.65. The van der Waals surface area contributed by atoms with E-state index in [9.17, 15) is 0 Å². The van der Waals surface area contributed by atoms with Gasteiger partial charge in [0, 0.05) is 18.3 Å². The normalized spacial score (nSPS) is 32.7. The van der Waals surface area contributed by atoms with Crippen molar-refractivity contribution in [2.24, 2.45) is 17.6 Å². The van der Waals surface area contributed by atoms with Crippen LogP contribution in [0.1, 0.15) is 51.0 Å². The van der Waals surface area contributed by atoms with Crippen LogP contribution in [0.15, 0.2) is 12.4 Å². The summed E-state index contributed by atoms with van der Waals surface area (Å²) < 4.78 is 2.00. The maximum Gasteiger partial charge on any atom is 0.0522 e. The average Bonchev–Trinajstić information content (AvgIpc) is 3.11. The molecule has 2 unspecified atom stereocenters. The first kappa shape index (κ1) is 12.2. The minimum absolute atomic E-state index is 0.0348. The van der Waals surface area contributed by atoms with Gasteiger partial charge in [0.05, 0.1) is 6.20 Å². The van der Waals surface area contributed by atoms with Gasteiger partial charge < -0.3 is 5.73 Å².